The van der Waals surface area contributed by atoms with Gasteiger partial charge < -0.3 is 10.0 Å². The van der Waals surface area contributed by atoms with E-state index in [1.165, 1.54) is 5.56 Å². The fourth-order valence-corrected chi connectivity index (χ4v) is 2.92. The highest BCUT2D eigenvalue weighted by Gasteiger charge is 2.26. The third kappa shape index (κ3) is 4.18. The van der Waals surface area contributed by atoms with Gasteiger partial charge in [-0.05, 0) is 51.2 Å². The van der Waals surface area contributed by atoms with Crippen molar-refractivity contribution in [1.82, 2.24) is 4.90 Å². The topological polar surface area (TPSA) is 40.5 Å². The van der Waals surface area contributed by atoms with Crippen molar-refractivity contribution in [2.75, 3.05) is 13.2 Å². The summed E-state index contributed by atoms with van der Waals surface area (Å²) in [5.41, 5.74) is 3.04. The van der Waals surface area contributed by atoms with Crippen molar-refractivity contribution in [3.8, 4) is 0 Å². The Hall–Kier alpha value is -1.61. The van der Waals surface area contributed by atoms with Gasteiger partial charge in [-0.3, -0.25) is 4.79 Å². The van der Waals surface area contributed by atoms with Gasteiger partial charge in [-0.1, -0.05) is 29.8 Å². The van der Waals surface area contributed by atoms with Crippen molar-refractivity contribution in [2.45, 2.75) is 45.6 Å². The number of nitrogens with zero attached hydrogens (tertiary/aromatic N) is 1. The van der Waals surface area contributed by atoms with Crippen LogP contribution in [0.25, 0.3) is 6.08 Å². The Morgan fingerprint density at radius 3 is 2.71 bits per heavy atom. The number of hydrogen-bond donors (Lipinski definition) is 1. The van der Waals surface area contributed by atoms with Crippen LogP contribution in [0.4, 0.5) is 0 Å². The molecule has 3 nitrogen and oxygen atoms in total. The summed E-state index contributed by atoms with van der Waals surface area (Å²) >= 11 is 0. The Morgan fingerprint density at radius 2 is 2.05 bits per heavy atom. The highest BCUT2D eigenvalue weighted by atomic mass is 16.3. The molecule has 0 aromatic heterocycles. The van der Waals surface area contributed by atoms with E-state index in [4.69, 9.17) is 5.11 Å². The van der Waals surface area contributed by atoms with Gasteiger partial charge in [0, 0.05) is 24.8 Å². The zero-order valence-corrected chi connectivity index (χ0v) is 13.0. The van der Waals surface area contributed by atoms with E-state index in [1.54, 1.807) is 0 Å². The Balaban J connectivity index is 2.11. The van der Waals surface area contributed by atoms with E-state index in [1.807, 2.05) is 30.0 Å². The third-order valence-electron chi connectivity index (χ3n) is 4.15. The second-order valence-electron chi connectivity index (χ2n) is 5.90. The van der Waals surface area contributed by atoms with Crippen molar-refractivity contribution in [1.29, 1.82) is 0 Å². The molecule has 114 valence electrons. The van der Waals surface area contributed by atoms with Crippen LogP contribution in [0.2, 0.25) is 0 Å². The van der Waals surface area contributed by atoms with E-state index in [9.17, 15) is 4.79 Å². The van der Waals surface area contributed by atoms with Gasteiger partial charge in [0.15, 0.2) is 0 Å². The Morgan fingerprint density at radius 1 is 1.33 bits per heavy atom. The highest BCUT2D eigenvalue weighted by molar-refractivity contribution is 5.97. The molecular weight excluding hydrogens is 262 g/mol. The summed E-state index contributed by atoms with van der Waals surface area (Å²) in [6, 6.07) is 8.37. The zero-order valence-electron chi connectivity index (χ0n) is 13.0. The van der Waals surface area contributed by atoms with E-state index in [0.29, 0.717) is 6.42 Å². The molecule has 0 radical (unpaired) electrons. The molecule has 21 heavy (non-hydrogen) atoms. The summed E-state index contributed by atoms with van der Waals surface area (Å²) in [5, 5.41) is 9.17. The van der Waals surface area contributed by atoms with E-state index >= 15 is 0 Å². The SMILES string of the molecule is C/C(=C/c1ccc(C)cc1)C(=O)N1CCCCC1CCO. The van der Waals surface area contributed by atoms with Gasteiger partial charge in [0.1, 0.15) is 0 Å². The summed E-state index contributed by atoms with van der Waals surface area (Å²) in [7, 11) is 0. The fourth-order valence-electron chi connectivity index (χ4n) is 2.92. The molecule has 1 fully saturated rings. The number of amides is 1. The van der Waals surface area contributed by atoms with Gasteiger partial charge in [0.2, 0.25) is 5.91 Å². The average molecular weight is 287 g/mol. The van der Waals surface area contributed by atoms with Crippen molar-refractivity contribution >= 4 is 12.0 Å². The largest absolute Gasteiger partial charge is 0.396 e. The van der Waals surface area contributed by atoms with Crippen molar-refractivity contribution in [2.24, 2.45) is 0 Å². The molecule has 0 aliphatic carbocycles. The third-order valence-corrected chi connectivity index (χ3v) is 4.15. The molecule has 1 amide bonds. The second-order valence-corrected chi connectivity index (χ2v) is 5.90. The molecule has 1 heterocycles. The minimum atomic E-state index is 0.105. The Bertz CT molecular complexity index is 502. The first-order valence-corrected chi connectivity index (χ1v) is 7.78. The van der Waals surface area contributed by atoms with Gasteiger partial charge >= 0.3 is 0 Å². The molecule has 2 rings (SSSR count). The fraction of sp³-hybridized carbons (Fsp3) is 0.500. The van der Waals surface area contributed by atoms with Gasteiger partial charge in [-0.2, -0.15) is 0 Å². The number of likely N-dealkylation sites (tertiary alicyclic amines) is 1. The number of hydrogen-bond acceptors (Lipinski definition) is 2. The second kappa shape index (κ2) is 7.41. The molecule has 1 aromatic rings. The number of carbonyl (C=O) groups excluding carboxylic acids is 1. The molecule has 0 bridgehead atoms. The summed E-state index contributed by atoms with van der Waals surface area (Å²) in [6.07, 6.45) is 5.85. The first kappa shape index (κ1) is 15.8. The van der Waals surface area contributed by atoms with Gasteiger partial charge in [0.25, 0.3) is 0 Å². The lowest BCUT2D eigenvalue weighted by Gasteiger charge is -2.35. The maximum Gasteiger partial charge on any atom is 0.249 e. The van der Waals surface area contributed by atoms with Crippen LogP contribution in [-0.4, -0.2) is 35.1 Å². The van der Waals surface area contributed by atoms with Crippen molar-refractivity contribution in [3.63, 3.8) is 0 Å². The van der Waals surface area contributed by atoms with Crippen LogP contribution >= 0.6 is 0 Å². The van der Waals surface area contributed by atoms with Crippen molar-refractivity contribution < 1.29 is 9.90 Å². The monoisotopic (exact) mass is 287 g/mol. The summed E-state index contributed by atoms with van der Waals surface area (Å²) < 4.78 is 0. The van der Waals surface area contributed by atoms with Crippen LogP contribution in [0.3, 0.4) is 0 Å². The standard InChI is InChI=1S/C18H25NO2/c1-14-6-8-16(9-7-14)13-15(2)18(21)19-11-4-3-5-17(19)10-12-20/h6-9,13,17,20H,3-5,10-12H2,1-2H3/b15-13-. The molecule has 0 saturated carbocycles. The van der Waals surface area contributed by atoms with Gasteiger partial charge in [0.05, 0.1) is 0 Å². The molecular formula is C18H25NO2. The lowest BCUT2D eigenvalue weighted by molar-refractivity contribution is -0.130. The maximum absolute atomic E-state index is 12.6. The van der Waals surface area contributed by atoms with E-state index < -0.39 is 0 Å². The van der Waals surface area contributed by atoms with Crippen LogP contribution < -0.4 is 0 Å². The number of rotatable bonds is 4. The Labute approximate surface area is 127 Å². The minimum Gasteiger partial charge on any atom is -0.396 e. The lowest BCUT2D eigenvalue weighted by atomic mass is 9.98. The first-order valence-electron chi connectivity index (χ1n) is 7.78. The molecule has 1 saturated heterocycles. The van der Waals surface area contributed by atoms with E-state index in [0.717, 1.165) is 36.9 Å². The van der Waals surface area contributed by atoms with Crippen LogP contribution in [0, 0.1) is 6.92 Å². The molecule has 0 spiro atoms. The average Bonchev–Trinajstić information content (AvgIpc) is 2.50. The van der Waals surface area contributed by atoms with Crippen molar-refractivity contribution in [3.05, 3.63) is 41.0 Å². The molecule has 1 aliphatic rings. The van der Waals surface area contributed by atoms with Crippen LogP contribution in [0.15, 0.2) is 29.8 Å². The highest BCUT2D eigenvalue weighted by Crippen LogP contribution is 2.22. The first-order chi connectivity index (χ1) is 10.1. The molecule has 1 unspecified atom stereocenters. The van der Waals surface area contributed by atoms with Gasteiger partial charge in [-0.25, -0.2) is 0 Å². The minimum absolute atomic E-state index is 0.105. The summed E-state index contributed by atoms with van der Waals surface area (Å²) in [6.45, 7) is 4.89. The predicted octanol–water partition coefficient (Wildman–Crippen LogP) is 3.16. The number of aliphatic hydroxyl groups is 1. The number of aliphatic hydroxyl groups excluding tert-OH is 1. The number of aryl methyl sites for hydroxylation is 1. The molecule has 1 aliphatic heterocycles. The number of benzene rings is 1. The van der Waals surface area contributed by atoms with Crippen LogP contribution in [-0.2, 0) is 4.79 Å². The molecule has 1 N–H and O–H groups in total. The smallest absolute Gasteiger partial charge is 0.249 e. The zero-order chi connectivity index (χ0) is 15.2. The lowest BCUT2D eigenvalue weighted by Crippen LogP contribution is -2.44. The summed E-state index contributed by atoms with van der Waals surface area (Å²) in [4.78, 5) is 14.6. The van der Waals surface area contributed by atoms with Crippen LogP contribution in [0.5, 0.6) is 0 Å². The van der Waals surface area contributed by atoms with Crippen LogP contribution in [0.1, 0.15) is 43.7 Å². The normalized spacial score (nSPS) is 19.7. The predicted molar refractivity (Wildman–Crippen MR) is 85.9 cm³/mol. The van der Waals surface area contributed by atoms with E-state index in [-0.39, 0.29) is 18.6 Å². The van der Waals surface area contributed by atoms with E-state index in [2.05, 4.69) is 19.1 Å². The number of piperidine rings is 1. The Kier molecular flexibility index (Phi) is 5.57. The van der Waals surface area contributed by atoms with Gasteiger partial charge in [-0.15, -0.1) is 0 Å². The molecule has 3 heteroatoms. The number of carbonyl (C=O) groups is 1. The summed E-state index contributed by atoms with van der Waals surface area (Å²) in [5.74, 6) is 0.105. The maximum atomic E-state index is 12.6. The quantitative estimate of drug-likeness (QED) is 0.864. The molecule has 1 atom stereocenters. The molecule has 1 aromatic carbocycles.